The van der Waals surface area contributed by atoms with Crippen molar-refractivity contribution in [3.05, 3.63) is 131 Å². The number of likely N-dealkylation sites (N-methyl/N-ethyl adjacent to an activating group) is 1. The third-order valence-electron chi connectivity index (χ3n) is 7.29. The molecule has 4 aromatic rings. The van der Waals surface area contributed by atoms with Crippen LogP contribution >= 0.6 is 0 Å². The largest absolute Gasteiger partial charge is 0.355 e. The van der Waals surface area contributed by atoms with E-state index in [2.05, 4.69) is 5.32 Å². The molecule has 2 amide bonds. The number of sulfonamides is 1. The van der Waals surface area contributed by atoms with Gasteiger partial charge in [0.15, 0.2) is 0 Å². The van der Waals surface area contributed by atoms with Gasteiger partial charge in [-0.05, 0) is 62.6 Å². The molecule has 0 heterocycles. The summed E-state index contributed by atoms with van der Waals surface area (Å²) in [4.78, 5) is 29.6. The smallest absolute Gasteiger partial charge is 0.264 e. The number of rotatable bonds is 12. The quantitative estimate of drug-likeness (QED) is 0.231. The standard InChI is InChI=1S/C35H39N3O4S/c1-5-36-35(40)33(23-29-14-8-6-9-15-29)37(24-30-16-12-13-26(2)22-30)34(39)25-38(32-20-19-27(3)21-28(32)4)43(41,42)31-17-10-7-11-18-31/h6-22,33H,5,23-25H2,1-4H3,(H,36,40). The molecule has 224 valence electrons. The first-order valence-electron chi connectivity index (χ1n) is 14.4. The molecule has 8 heteroatoms. The van der Waals surface area contributed by atoms with Crippen molar-refractivity contribution in [3.8, 4) is 0 Å². The highest BCUT2D eigenvalue weighted by Gasteiger charge is 2.34. The van der Waals surface area contributed by atoms with Crippen molar-refractivity contribution in [1.29, 1.82) is 0 Å². The van der Waals surface area contributed by atoms with Crippen molar-refractivity contribution in [2.45, 2.75) is 51.6 Å². The molecule has 43 heavy (non-hydrogen) atoms. The summed E-state index contributed by atoms with van der Waals surface area (Å²) < 4.78 is 29.4. The second-order valence-corrected chi connectivity index (χ2v) is 12.6. The molecule has 0 aliphatic rings. The van der Waals surface area contributed by atoms with Gasteiger partial charge in [-0.15, -0.1) is 0 Å². The summed E-state index contributed by atoms with van der Waals surface area (Å²) in [5.74, 6) is -0.774. The number of aryl methyl sites for hydroxylation is 3. The highest BCUT2D eigenvalue weighted by Crippen LogP contribution is 2.28. The van der Waals surface area contributed by atoms with E-state index < -0.39 is 28.5 Å². The minimum absolute atomic E-state index is 0.0811. The number of benzene rings is 4. The molecule has 0 aromatic heterocycles. The molecule has 0 aliphatic heterocycles. The lowest BCUT2D eigenvalue weighted by molar-refractivity contribution is -0.140. The molecule has 0 aliphatic carbocycles. The summed E-state index contributed by atoms with van der Waals surface area (Å²) in [7, 11) is -4.13. The van der Waals surface area contributed by atoms with E-state index >= 15 is 0 Å². The summed E-state index contributed by atoms with van der Waals surface area (Å²) in [5.41, 5.74) is 4.87. The fraction of sp³-hybridized carbons (Fsp3) is 0.257. The molecular formula is C35H39N3O4S. The number of hydrogen-bond acceptors (Lipinski definition) is 4. The van der Waals surface area contributed by atoms with Crippen LogP contribution in [-0.2, 0) is 32.6 Å². The third kappa shape index (κ3) is 7.90. The Morgan fingerprint density at radius 3 is 2.02 bits per heavy atom. The second kappa shape index (κ2) is 14.2. The van der Waals surface area contributed by atoms with Crippen LogP contribution in [0.2, 0.25) is 0 Å². The van der Waals surface area contributed by atoms with Crippen LogP contribution in [0.3, 0.4) is 0 Å². The number of nitrogens with zero attached hydrogens (tertiary/aromatic N) is 2. The molecule has 0 radical (unpaired) electrons. The topological polar surface area (TPSA) is 86.8 Å². The maximum absolute atomic E-state index is 14.5. The van der Waals surface area contributed by atoms with Gasteiger partial charge in [0.05, 0.1) is 10.6 Å². The number of nitrogens with one attached hydrogen (secondary N) is 1. The van der Waals surface area contributed by atoms with Crippen LogP contribution in [0.1, 0.15) is 34.7 Å². The average Bonchev–Trinajstić information content (AvgIpc) is 2.99. The van der Waals surface area contributed by atoms with Gasteiger partial charge < -0.3 is 10.2 Å². The van der Waals surface area contributed by atoms with Gasteiger partial charge in [-0.25, -0.2) is 8.42 Å². The Morgan fingerprint density at radius 2 is 1.40 bits per heavy atom. The van der Waals surface area contributed by atoms with E-state index in [9.17, 15) is 18.0 Å². The van der Waals surface area contributed by atoms with Gasteiger partial charge in [-0.3, -0.25) is 13.9 Å². The van der Waals surface area contributed by atoms with E-state index in [4.69, 9.17) is 0 Å². The average molecular weight is 598 g/mol. The number of carbonyl (C=O) groups is 2. The summed E-state index contributed by atoms with van der Waals surface area (Å²) in [6.45, 7) is 7.63. The molecule has 0 fully saturated rings. The molecule has 1 N–H and O–H groups in total. The van der Waals surface area contributed by atoms with Gasteiger partial charge in [-0.2, -0.15) is 0 Å². The Bertz CT molecular complexity index is 1660. The van der Waals surface area contributed by atoms with Crippen molar-refractivity contribution >= 4 is 27.5 Å². The zero-order chi connectivity index (χ0) is 31.0. The fourth-order valence-electron chi connectivity index (χ4n) is 5.17. The van der Waals surface area contributed by atoms with Crippen LogP contribution in [0.25, 0.3) is 0 Å². The van der Waals surface area contributed by atoms with Crippen molar-refractivity contribution in [2.75, 3.05) is 17.4 Å². The molecule has 0 bridgehead atoms. The Morgan fingerprint density at radius 1 is 0.767 bits per heavy atom. The maximum Gasteiger partial charge on any atom is 0.264 e. The highest BCUT2D eigenvalue weighted by molar-refractivity contribution is 7.92. The van der Waals surface area contributed by atoms with Crippen molar-refractivity contribution in [3.63, 3.8) is 0 Å². The number of carbonyl (C=O) groups excluding carboxylic acids is 2. The molecule has 0 saturated carbocycles. The molecule has 1 atom stereocenters. The SMILES string of the molecule is CCNC(=O)C(Cc1ccccc1)N(Cc1cccc(C)c1)C(=O)CN(c1ccc(C)cc1C)S(=O)(=O)c1ccccc1. The Hall–Kier alpha value is -4.43. The summed E-state index contributed by atoms with van der Waals surface area (Å²) in [5, 5.41) is 2.89. The molecule has 4 aromatic carbocycles. The van der Waals surface area contributed by atoms with Gasteiger partial charge in [0, 0.05) is 19.5 Å². The van der Waals surface area contributed by atoms with Crippen LogP contribution in [0, 0.1) is 20.8 Å². The predicted octanol–water partition coefficient (Wildman–Crippen LogP) is 5.58. The Kier molecular flexibility index (Phi) is 10.4. The first-order chi connectivity index (χ1) is 20.6. The van der Waals surface area contributed by atoms with E-state index in [1.165, 1.54) is 21.3 Å². The van der Waals surface area contributed by atoms with E-state index in [0.29, 0.717) is 12.2 Å². The molecule has 1 unspecified atom stereocenters. The minimum Gasteiger partial charge on any atom is -0.355 e. The molecule has 0 saturated heterocycles. The highest BCUT2D eigenvalue weighted by atomic mass is 32.2. The van der Waals surface area contributed by atoms with Crippen LogP contribution in [-0.4, -0.2) is 44.3 Å². The fourth-order valence-corrected chi connectivity index (χ4v) is 6.67. The number of anilines is 1. The lowest BCUT2D eigenvalue weighted by Crippen LogP contribution is -2.53. The van der Waals surface area contributed by atoms with Gasteiger partial charge >= 0.3 is 0 Å². The molecule has 0 spiro atoms. The van der Waals surface area contributed by atoms with Crippen LogP contribution in [0.15, 0.2) is 108 Å². The third-order valence-corrected chi connectivity index (χ3v) is 9.06. The van der Waals surface area contributed by atoms with Gasteiger partial charge in [0.1, 0.15) is 12.6 Å². The van der Waals surface area contributed by atoms with Crippen LogP contribution in [0.4, 0.5) is 5.69 Å². The summed E-state index contributed by atoms with van der Waals surface area (Å²) in [6.07, 6.45) is 0.277. The van der Waals surface area contributed by atoms with Crippen LogP contribution < -0.4 is 9.62 Å². The second-order valence-electron chi connectivity index (χ2n) is 10.7. The van der Waals surface area contributed by atoms with Gasteiger partial charge in [0.25, 0.3) is 10.0 Å². The van der Waals surface area contributed by atoms with Crippen molar-refractivity contribution in [1.82, 2.24) is 10.2 Å². The number of amides is 2. The first kappa shape index (κ1) is 31.5. The number of hydrogen-bond donors (Lipinski definition) is 1. The molecule has 7 nitrogen and oxygen atoms in total. The maximum atomic E-state index is 14.5. The van der Waals surface area contributed by atoms with E-state index in [-0.39, 0.29) is 23.8 Å². The van der Waals surface area contributed by atoms with Crippen LogP contribution in [0.5, 0.6) is 0 Å². The molecule has 4 rings (SSSR count). The van der Waals surface area contributed by atoms with E-state index in [0.717, 1.165) is 27.8 Å². The minimum atomic E-state index is -4.13. The monoisotopic (exact) mass is 597 g/mol. The zero-order valence-electron chi connectivity index (χ0n) is 25.2. The van der Waals surface area contributed by atoms with E-state index in [1.54, 1.807) is 24.3 Å². The Labute approximate surface area is 255 Å². The normalized spacial score (nSPS) is 11.9. The van der Waals surface area contributed by atoms with Crippen molar-refractivity contribution < 1.29 is 18.0 Å². The van der Waals surface area contributed by atoms with Gasteiger partial charge in [0.2, 0.25) is 11.8 Å². The predicted molar refractivity (Wildman–Crippen MR) is 171 cm³/mol. The lowest BCUT2D eigenvalue weighted by Gasteiger charge is -2.34. The zero-order valence-corrected chi connectivity index (χ0v) is 26.0. The Balaban J connectivity index is 1.81. The van der Waals surface area contributed by atoms with Crippen molar-refractivity contribution in [2.24, 2.45) is 0 Å². The van der Waals surface area contributed by atoms with Gasteiger partial charge in [-0.1, -0.05) is 96.1 Å². The first-order valence-corrected chi connectivity index (χ1v) is 15.9. The van der Waals surface area contributed by atoms with E-state index in [1.807, 2.05) is 94.4 Å². The summed E-state index contributed by atoms with van der Waals surface area (Å²) >= 11 is 0. The molecular weight excluding hydrogens is 558 g/mol. The lowest BCUT2D eigenvalue weighted by atomic mass is 10.0. The summed E-state index contributed by atoms with van der Waals surface area (Å²) in [6, 6.07) is 30.0.